The molecular formula is C10H7Cl2FN2O. The Balaban J connectivity index is 2.45. The van der Waals surface area contributed by atoms with E-state index in [0.29, 0.717) is 16.7 Å². The number of hydrogen-bond donors (Lipinski definition) is 0. The topological polar surface area (TPSA) is 35.0 Å². The van der Waals surface area contributed by atoms with E-state index in [9.17, 15) is 4.39 Å². The van der Waals surface area contributed by atoms with Crippen LogP contribution in [0.15, 0.2) is 18.2 Å². The van der Waals surface area contributed by atoms with Crippen molar-refractivity contribution in [2.45, 2.75) is 0 Å². The van der Waals surface area contributed by atoms with Crippen molar-refractivity contribution in [1.82, 2.24) is 9.97 Å². The Morgan fingerprint density at radius 2 is 2.06 bits per heavy atom. The van der Waals surface area contributed by atoms with Gasteiger partial charge in [-0.3, -0.25) is 0 Å². The molecule has 0 N–H and O–H groups in total. The van der Waals surface area contributed by atoms with Crippen molar-refractivity contribution in [3.05, 3.63) is 28.6 Å². The molecule has 0 fully saturated rings. The molecule has 3 nitrogen and oxygen atoms in total. The summed E-state index contributed by atoms with van der Waals surface area (Å²) in [6, 6.07) is 5.03. The number of fused-ring (bicyclic) bond motifs is 1. The van der Waals surface area contributed by atoms with Crippen molar-refractivity contribution in [2.24, 2.45) is 0 Å². The van der Waals surface area contributed by atoms with Gasteiger partial charge < -0.3 is 4.74 Å². The number of ether oxygens (including phenoxy) is 1. The van der Waals surface area contributed by atoms with Crippen molar-refractivity contribution in [2.75, 3.05) is 13.3 Å². The molecule has 1 aromatic carbocycles. The molecule has 0 aliphatic rings. The van der Waals surface area contributed by atoms with Crippen LogP contribution in [0.25, 0.3) is 10.9 Å². The molecule has 0 spiro atoms. The average molecular weight is 261 g/mol. The predicted molar refractivity (Wildman–Crippen MR) is 61.0 cm³/mol. The highest BCUT2D eigenvalue weighted by Crippen LogP contribution is 2.26. The van der Waals surface area contributed by atoms with Crippen LogP contribution in [0.5, 0.6) is 5.75 Å². The van der Waals surface area contributed by atoms with Crippen LogP contribution in [0.1, 0.15) is 0 Å². The first kappa shape index (κ1) is 11.4. The molecule has 2 aromatic rings. The molecule has 0 atom stereocenters. The maximum atomic E-state index is 11.9. The van der Waals surface area contributed by atoms with Gasteiger partial charge in [0.15, 0.2) is 0 Å². The van der Waals surface area contributed by atoms with Crippen LogP contribution in [-0.4, -0.2) is 23.2 Å². The highest BCUT2D eigenvalue weighted by molar-refractivity contribution is 6.35. The summed E-state index contributed by atoms with van der Waals surface area (Å²) < 4.78 is 17.1. The second kappa shape index (κ2) is 4.80. The first-order valence-electron chi connectivity index (χ1n) is 4.52. The normalized spacial score (nSPS) is 10.7. The Hall–Kier alpha value is -1.13. The zero-order chi connectivity index (χ0) is 11.5. The van der Waals surface area contributed by atoms with Gasteiger partial charge in [0.05, 0.1) is 5.52 Å². The van der Waals surface area contributed by atoms with Crippen LogP contribution in [0.4, 0.5) is 4.39 Å². The van der Waals surface area contributed by atoms with E-state index in [4.69, 9.17) is 27.9 Å². The predicted octanol–water partition coefficient (Wildman–Crippen LogP) is 3.28. The molecule has 0 radical (unpaired) electrons. The second-order valence-electron chi connectivity index (χ2n) is 3.00. The minimum absolute atomic E-state index is 0.0115. The summed E-state index contributed by atoms with van der Waals surface area (Å²) in [6.07, 6.45) is 0. The van der Waals surface area contributed by atoms with Gasteiger partial charge in [-0.1, -0.05) is 11.6 Å². The molecule has 0 aliphatic carbocycles. The highest BCUT2D eigenvalue weighted by atomic mass is 35.5. The van der Waals surface area contributed by atoms with Crippen molar-refractivity contribution < 1.29 is 9.13 Å². The Bertz CT molecular complexity index is 521. The molecule has 0 saturated carbocycles. The number of rotatable bonds is 3. The molecule has 2 rings (SSSR count). The highest BCUT2D eigenvalue weighted by Gasteiger charge is 2.06. The lowest BCUT2D eigenvalue weighted by atomic mass is 10.2. The largest absolute Gasteiger partial charge is 0.491 e. The van der Waals surface area contributed by atoms with E-state index >= 15 is 0 Å². The number of halogens is 3. The third-order valence-corrected chi connectivity index (χ3v) is 2.40. The molecule has 0 saturated heterocycles. The van der Waals surface area contributed by atoms with Crippen molar-refractivity contribution >= 4 is 34.1 Å². The lowest BCUT2D eigenvalue weighted by Crippen LogP contribution is -1.98. The van der Waals surface area contributed by atoms with Gasteiger partial charge in [-0.25, -0.2) is 14.4 Å². The molecule has 0 amide bonds. The van der Waals surface area contributed by atoms with E-state index in [1.54, 1.807) is 18.2 Å². The SMILES string of the molecule is FCCOc1ccc2nc(Cl)nc(Cl)c2c1. The van der Waals surface area contributed by atoms with Crippen molar-refractivity contribution in [3.8, 4) is 5.75 Å². The Morgan fingerprint density at radius 1 is 1.25 bits per heavy atom. The van der Waals surface area contributed by atoms with Crippen LogP contribution in [0.3, 0.4) is 0 Å². The van der Waals surface area contributed by atoms with E-state index in [1.165, 1.54) is 0 Å². The van der Waals surface area contributed by atoms with Gasteiger partial charge in [0.1, 0.15) is 24.2 Å². The van der Waals surface area contributed by atoms with Crippen LogP contribution in [-0.2, 0) is 0 Å². The monoisotopic (exact) mass is 260 g/mol. The summed E-state index contributed by atoms with van der Waals surface area (Å²) in [4.78, 5) is 7.81. The number of alkyl halides is 1. The Labute approximate surface area is 101 Å². The van der Waals surface area contributed by atoms with Gasteiger partial charge in [0.2, 0.25) is 5.28 Å². The molecule has 1 aromatic heterocycles. The summed E-state index contributed by atoms with van der Waals surface area (Å²) in [5.41, 5.74) is 0.623. The second-order valence-corrected chi connectivity index (χ2v) is 3.70. The molecule has 84 valence electrons. The summed E-state index contributed by atoms with van der Waals surface area (Å²) in [7, 11) is 0. The summed E-state index contributed by atoms with van der Waals surface area (Å²) in [5.74, 6) is 0.526. The maximum Gasteiger partial charge on any atom is 0.224 e. The minimum atomic E-state index is -0.539. The van der Waals surface area contributed by atoms with Gasteiger partial charge in [0.25, 0.3) is 0 Å². The Kier molecular flexibility index (Phi) is 3.41. The lowest BCUT2D eigenvalue weighted by Gasteiger charge is -2.05. The van der Waals surface area contributed by atoms with Gasteiger partial charge in [-0.2, -0.15) is 0 Å². The smallest absolute Gasteiger partial charge is 0.224 e. The fourth-order valence-corrected chi connectivity index (χ4v) is 1.74. The van der Waals surface area contributed by atoms with Crippen LogP contribution in [0.2, 0.25) is 10.4 Å². The zero-order valence-corrected chi connectivity index (χ0v) is 9.59. The molecule has 16 heavy (non-hydrogen) atoms. The first-order valence-corrected chi connectivity index (χ1v) is 5.28. The van der Waals surface area contributed by atoms with Gasteiger partial charge in [-0.15, -0.1) is 0 Å². The zero-order valence-electron chi connectivity index (χ0n) is 8.08. The number of aromatic nitrogens is 2. The van der Waals surface area contributed by atoms with E-state index in [1.807, 2.05) is 0 Å². The van der Waals surface area contributed by atoms with Crippen molar-refractivity contribution in [1.29, 1.82) is 0 Å². The quantitative estimate of drug-likeness (QED) is 0.628. The lowest BCUT2D eigenvalue weighted by molar-refractivity contribution is 0.273. The fourth-order valence-electron chi connectivity index (χ4n) is 1.29. The maximum absolute atomic E-state index is 11.9. The fraction of sp³-hybridized carbons (Fsp3) is 0.200. The third kappa shape index (κ3) is 2.33. The Morgan fingerprint density at radius 3 is 2.81 bits per heavy atom. The number of nitrogens with zero attached hydrogens (tertiary/aromatic N) is 2. The summed E-state index contributed by atoms with van der Waals surface area (Å²) >= 11 is 11.6. The molecule has 1 heterocycles. The number of benzene rings is 1. The standard InChI is InChI=1S/C10H7Cl2FN2O/c11-9-7-5-6(16-4-3-13)1-2-8(7)14-10(12)15-9/h1-2,5H,3-4H2. The van der Waals surface area contributed by atoms with E-state index in [-0.39, 0.29) is 17.0 Å². The van der Waals surface area contributed by atoms with E-state index in [0.717, 1.165) is 0 Å². The van der Waals surface area contributed by atoms with Gasteiger partial charge in [0, 0.05) is 5.39 Å². The molecule has 0 unspecified atom stereocenters. The number of hydrogen-bond acceptors (Lipinski definition) is 3. The van der Waals surface area contributed by atoms with Gasteiger partial charge >= 0.3 is 0 Å². The van der Waals surface area contributed by atoms with Gasteiger partial charge in [-0.05, 0) is 29.8 Å². The van der Waals surface area contributed by atoms with Crippen LogP contribution < -0.4 is 4.74 Å². The van der Waals surface area contributed by atoms with E-state index in [2.05, 4.69) is 9.97 Å². The molecular weight excluding hydrogens is 254 g/mol. The summed E-state index contributed by atoms with van der Waals surface area (Å²) in [6.45, 7) is -0.527. The average Bonchev–Trinajstić information content (AvgIpc) is 2.26. The van der Waals surface area contributed by atoms with Crippen LogP contribution >= 0.6 is 23.2 Å². The summed E-state index contributed by atoms with van der Waals surface area (Å²) in [5, 5.41) is 0.970. The third-order valence-electron chi connectivity index (χ3n) is 1.94. The minimum Gasteiger partial charge on any atom is -0.491 e. The first-order chi connectivity index (χ1) is 7.70. The van der Waals surface area contributed by atoms with Crippen LogP contribution in [0, 0.1) is 0 Å². The molecule has 0 aliphatic heterocycles. The molecule has 6 heteroatoms. The molecule has 0 bridgehead atoms. The van der Waals surface area contributed by atoms with E-state index < -0.39 is 6.67 Å². The van der Waals surface area contributed by atoms with Crippen molar-refractivity contribution in [3.63, 3.8) is 0 Å².